The lowest BCUT2D eigenvalue weighted by Gasteiger charge is -2.25. The van der Waals surface area contributed by atoms with E-state index in [1.807, 2.05) is 122 Å². The molecule has 4 aromatic rings. The van der Waals surface area contributed by atoms with Crippen LogP contribution in [0.3, 0.4) is 0 Å². The lowest BCUT2D eigenvalue weighted by Crippen LogP contribution is -2.48. The Balaban J connectivity index is 1.42. The number of carbonyl (C=O) groups excluding carboxylic acids is 2. The number of rotatable bonds is 13. The van der Waals surface area contributed by atoms with Crippen LogP contribution in [-0.2, 0) is 16.2 Å². The molecule has 2 amide bonds. The number of amides is 2. The first-order chi connectivity index (χ1) is 19.5. The third-order valence-electron chi connectivity index (χ3n) is 6.85. The summed E-state index contributed by atoms with van der Waals surface area (Å²) in [5.74, 6) is -0.232. The van der Waals surface area contributed by atoms with Crippen LogP contribution in [0.4, 0.5) is 0 Å². The Morgan fingerprint density at radius 3 is 1.80 bits per heavy atom. The molecule has 4 aromatic carbocycles. The minimum Gasteiger partial charge on any atom is -0.489 e. The topological polar surface area (TPSA) is 93.5 Å². The van der Waals surface area contributed by atoms with E-state index >= 15 is 0 Å². The predicted molar refractivity (Wildman–Crippen MR) is 159 cm³/mol. The number of carbonyl (C=O) groups is 2. The highest BCUT2D eigenvalue weighted by Gasteiger charge is 2.28. The normalized spacial score (nSPS) is 12.4. The van der Waals surface area contributed by atoms with Gasteiger partial charge in [-0.05, 0) is 60.7 Å². The van der Waals surface area contributed by atoms with Crippen LogP contribution in [0.1, 0.15) is 54.0 Å². The number of benzene rings is 4. The second-order valence-corrected chi connectivity index (χ2v) is 9.82. The molecule has 0 heterocycles. The Bertz CT molecular complexity index is 1290. The molecule has 0 saturated carbocycles. The number of nitrogens with two attached hydrogens (primary N) is 1. The average Bonchev–Trinajstić information content (AvgIpc) is 3.00. The first-order valence-corrected chi connectivity index (χ1v) is 13.7. The van der Waals surface area contributed by atoms with Gasteiger partial charge in [-0.1, -0.05) is 103 Å². The van der Waals surface area contributed by atoms with Gasteiger partial charge in [0.05, 0.1) is 12.0 Å². The Labute approximate surface area is 236 Å². The highest BCUT2D eigenvalue weighted by atomic mass is 16.5. The summed E-state index contributed by atoms with van der Waals surface area (Å²) in [4.78, 5) is 27.0. The maximum Gasteiger partial charge on any atom is 0.243 e. The molecule has 0 bridgehead atoms. The maximum atomic E-state index is 13.6. The minimum absolute atomic E-state index is 0.220. The molecule has 0 unspecified atom stereocenters. The molecule has 0 fully saturated rings. The number of nitrogens with one attached hydrogen (secondary N) is 2. The monoisotopic (exact) mass is 535 g/mol. The van der Waals surface area contributed by atoms with Gasteiger partial charge >= 0.3 is 0 Å². The van der Waals surface area contributed by atoms with E-state index in [1.54, 1.807) is 0 Å². The van der Waals surface area contributed by atoms with Gasteiger partial charge in [0.1, 0.15) is 18.4 Å². The van der Waals surface area contributed by atoms with E-state index < -0.39 is 12.0 Å². The molecule has 0 aliphatic carbocycles. The molecule has 0 aliphatic rings. The summed E-state index contributed by atoms with van der Waals surface area (Å²) in [6.07, 6.45) is 1.06. The van der Waals surface area contributed by atoms with Crippen molar-refractivity contribution < 1.29 is 14.3 Å². The number of hydrogen-bond acceptors (Lipinski definition) is 4. The smallest absolute Gasteiger partial charge is 0.243 e. The lowest BCUT2D eigenvalue weighted by molar-refractivity contribution is -0.129. The van der Waals surface area contributed by atoms with Gasteiger partial charge in [-0.2, -0.15) is 0 Å². The zero-order chi connectivity index (χ0) is 28.2. The minimum atomic E-state index is -0.707. The zero-order valence-corrected chi connectivity index (χ0v) is 22.8. The van der Waals surface area contributed by atoms with Crippen molar-refractivity contribution in [3.05, 3.63) is 138 Å². The molecule has 4 rings (SSSR count). The fraction of sp³-hybridized carbons (Fsp3) is 0.235. The second kappa shape index (κ2) is 14.7. The van der Waals surface area contributed by atoms with Crippen LogP contribution in [0.25, 0.3) is 0 Å². The van der Waals surface area contributed by atoms with E-state index in [0.717, 1.165) is 28.0 Å². The van der Waals surface area contributed by atoms with Gasteiger partial charge in [0, 0.05) is 0 Å². The first kappa shape index (κ1) is 28.6. The Morgan fingerprint density at radius 1 is 0.700 bits per heavy atom. The van der Waals surface area contributed by atoms with E-state index in [0.29, 0.717) is 26.0 Å². The SMILES string of the molecule is C[C@@H](NC(=O)[C@@H](CCCN)NC(=O)C(c1ccccc1)c1ccccc1)c1ccc(OCc2ccccc2)cc1. The van der Waals surface area contributed by atoms with Gasteiger partial charge in [0.15, 0.2) is 0 Å². The average molecular weight is 536 g/mol. The number of ether oxygens (including phenoxy) is 1. The molecule has 40 heavy (non-hydrogen) atoms. The van der Waals surface area contributed by atoms with Gasteiger partial charge in [-0.3, -0.25) is 9.59 Å². The number of hydrogen-bond donors (Lipinski definition) is 3. The maximum absolute atomic E-state index is 13.6. The molecule has 0 spiro atoms. The van der Waals surface area contributed by atoms with Crippen LogP contribution < -0.4 is 21.1 Å². The van der Waals surface area contributed by atoms with Crippen molar-refractivity contribution in [3.8, 4) is 5.75 Å². The molecule has 0 radical (unpaired) electrons. The summed E-state index contributed by atoms with van der Waals surface area (Å²) in [5, 5.41) is 6.09. The van der Waals surface area contributed by atoms with Crippen LogP contribution in [0.15, 0.2) is 115 Å². The zero-order valence-electron chi connectivity index (χ0n) is 22.8. The summed E-state index contributed by atoms with van der Waals surface area (Å²) in [5.41, 5.74) is 9.53. The van der Waals surface area contributed by atoms with Crippen LogP contribution in [0.2, 0.25) is 0 Å². The van der Waals surface area contributed by atoms with Gasteiger partial charge in [0.25, 0.3) is 0 Å². The summed E-state index contributed by atoms with van der Waals surface area (Å²) >= 11 is 0. The van der Waals surface area contributed by atoms with Gasteiger partial charge in [0.2, 0.25) is 11.8 Å². The quantitative estimate of drug-likeness (QED) is 0.211. The fourth-order valence-corrected chi connectivity index (χ4v) is 4.62. The first-order valence-electron chi connectivity index (χ1n) is 13.7. The highest BCUT2D eigenvalue weighted by Crippen LogP contribution is 2.25. The molecule has 6 nitrogen and oxygen atoms in total. The van der Waals surface area contributed by atoms with Crippen LogP contribution in [0, 0.1) is 0 Å². The van der Waals surface area contributed by atoms with Crippen LogP contribution in [0.5, 0.6) is 5.75 Å². The highest BCUT2D eigenvalue weighted by molar-refractivity contribution is 5.92. The van der Waals surface area contributed by atoms with E-state index in [1.165, 1.54) is 0 Å². The molecule has 0 aromatic heterocycles. The van der Waals surface area contributed by atoms with Crippen molar-refractivity contribution in [2.45, 2.75) is 44.4 Å². The van der Waals surface area contributed by atoms with Crippen molar-refractivity contribution in [2.24, 2.45) is 5.73 Å². The van der Waals surface area contributed by atoms with Crippen molar-refractivity contribution in [1.82, 2.24) is 10.6 Å². The molecule has 2 atom stereocenters. The van der Waals surface area contributed by atoms with E-state index in [9.17, 15) is 9.59 Å². The predicted octanol–water partition coefficient (Wildman–Crippen LogP) is 5.50. The second-order valence-electron chi connectivity index (χ2n) is 9.82. The van der Waals surface area contributed by atoms with Crippen molar-refractivity contribution >= 4 is 11.8 Å². The molecule has 4 N–H and O–H groups in total. The Hall–Kier alpha value is -4.42. The van der Waals surface area contributed by atoms with E-state index in [-0.39, 0.29) is 17.9 Å². The molecule has 206 valence electrons. The fourth-order valence-electron chi connectivity index (χ4n) is 4.62. The molecule has 0 saturated heterocycles. The van der Waals surface area contributed by atoms with Crippen LogP contribution >= 0.6 is 0 Å². The third-order valence-corrected chi connectivity index (χ3v) is 6.85. The van der Waals surface area contributed by atoms with Crippen molar-refractivity contribution in [1.29, 1.82) is 0 Å². The summed E-state index contributed by atoms with van der Waals surface area (Å²) < 4.78 is 5.88. The van der Waals surface area contributed by atoms with Crippen molar-refractivity contribution in [3.63, 3.8) is 0 Å². The van der Waals surface area contributed by atoms with Crippen molar-refractivity contribution in [2.75, 3.05) is 6.54 Å². The molecular formula is C34H37N3O3. The largest absolute Gasteiger partial charge is 0.489 e. The van der Waals surface area contributed by atoms with Gasteiger partial charge in [-0.15, -0.1) is 0 Å². The van der Waals surface area contributed by atoms with Gasteiger partial charge < -0.3 is 21.1 Å². The third kappa shape index (κ3) is 8.04. The summed E-state index contributed by atoms with van der Waals surface area (Å²) in [6, 6.07) is 35.9. The summed E-state index contributed by atoms with van der Waals surface area (Å²) in [6.45, 7) is 2.85. The van der Waals surface area contributed by atoms with Gasteiger partial charge in [-0.25, -0.2) is 0 Å². The van der Waals surface area contributed by atoms with E-state index in [4.69, 9.17) is 10.5 Å². The Kier molecular flexibility index (Phi) is 10.5. The van der Waals surface area contributed by atoms with Crippen LogP contribution in [-0.4, -0.2) is 24.4 Å². The van der Waals surface area contributed by atoms with E-state index in [2.05, 4.69) is 10.6 Å². The summed E-state index contributed by atoms with van der Waals surface area (Å²) in [7, 11) is 0. The standard InChI is InChI=1S/C34H37N3O3/c1-25(27-19-21-30(22-20-27)40-24-26-12-5-2-6-13-26)36-33(38)31(18-11-23-35)37-34(39)32(28-14-7-3-8-15-28)29-16-9-4-10-17-29/h2-10,12-17,19-22,25,31-32H,11,18,23-24,35H2,1H3,(H,36,38)(H,37,39)/t25-,31-/m1/s1. The Morgan fingerprint density at radius 2 is 1.25 bits per heavy atom. The molecule has 6 heteroatoms. The molecule has 0 aliphatic heterocycles. The molecular weight excluding hydrogens is 498 g/mol. The lowest BCUT2D eigenvalue weighted by atomic mass is 9.90.